The number of hydrogen-bond acceptors (Lipinski definition) is 3. The number of hydrogen-bond donors (Lipinski definition) is 1. The maximum Gasteiger partial charge on any atom is 0.292 e. The van der Waals surface area contributed by atoms with Crippen molar-refractivity contribution in [3.05, 3.63) is 35.1 Å². The number of rotatable bonds is 1. The van der Waals surface area contributed by atoms with Crippen LogP contribution >= 0.6 is 0 Å². The second-order valence-electron chi connectivity index (χ2n) is 5.81. The van der Waals surface area contributed by atoms with Crippen LogP contribution < -0.4 is 5.73 Å². The highest BCUT2D eigenvalue weighted by Gasteiger charge is 2.18. The maximum atomic E-state index is 5.54. The molecule has 0 saturated heterocycles. The summed E-state index contributed by atoms with van der Waals surface area (Å²) in [5, 5.41) is 0. The van der Waals surface area contributed by atoms with E-state index >= 15 is 0 Å². The Morgan fingerprint density at radius 2 is 1.67 bits per heavy atom. The van der Waals surface area contributed by atoms with Gasteiger partial charge in [0, 0.05) is 5.56 Å². The van der Waals surface area contributed by atoms with E-state index in [0.717, 1.165) is 11.3 Å². The minimum absolute atomic E-state index is 0.150. The van der Waals surface area contributed by atoms with Crippen LogP contribution in [0.5, 0.6) is 0 Å². The van der Waals surface area contributed by atoms with Gasteiger partial charge in [-0.3, -0.25) is 0 Å². The highest BCUT2D eigenvalue weighted by molar-refractivity contribution is 5.68. The zero-order chi connectivity index (χ0) is 13.5. The van der Waals surface area contributed by atoms with Gasteiger partial charge >= 0.3 is 0 Å². The minimum atomic E-state index is 0.150. The topological polar surface area (TPSA) is 52.0 Å². The molecule has 1 heterocycles. The van der Waals surface area contributed by atoms with Gasteiger partial charge in [0.25, 0.3) is 6.01 Å². The molecule has 2 rings (SSSR count). The number of benzene rings is 1. The largest absolute Gasteiger partial charge is 0.432 e. The predicted molar refractivity (Wildman–Crippen MR) is 74.5 cm³/mol. The van der Waals surface area contributed by atoms with Crippen molar-refractivity contribution in [2.75, 3.05) is 5.73 Å². The molecule has 0 radical (unpaired) electrons. The van der Waals surface area contributed by atoms with E-state index in [2.05, 4.69) is 51.7 Å². The van der Waals surface area contributed by atoms with Crippen LogP contribution in [0.15, 0.2) is 22.8 Å². The van der Waals surface area contributed by atoms with Crippen LogP contribution in [0.1, 0.15) is 37.5 Å². The number of nitrogens with two attached hydrogens (primary N) is 1. The Kier molecular flexibility index (Phi) is 2.93. The van der Waals surface area contributed by atoms with Crippen LogP contribution in [0.4, 0.5) is 6.01 Å². The number of aromatic nitrogens is 1. The Bertz CT molecular complexity index is 553. The van der Waals surface area contributed by atoms with Crippen LogP contribution in [0, 0.1) is 13.8 Å². The summed E-state index contributed by atoms with van der Waals surface area (Å²) in [4.78, 5) is 4.21. The Hall–Kier alpha value is -1.77. The van der Waals surface area contributed by atoms with Crippen LogP contribution in [0.3, 0.4) is 0 Å². The van der Waals surface area contributed by atoms with Gasteiger partial charge in [0.15, 0.2) is 0 Å². The summed E-state index contributed by atoms with van der Waals surface area (Å²) in [5.74, 6) is 0. The van der Waals surface area contributed by atoms with Gasteiger partial charge in [0.2, 0.25) is 0 Å². The van der Waals surface area contributed by atoms with Crippen molar-refractivity contribution in [2.24, 2.45) is 0 Å². The van der Waals surface area contributed by atoms with Crippen LogP contribution in [0.2, 0.25) is 0 Å². The Morgan fingerprint density at radius 3 is 2.06 bits per heavy atom. The smallest absolute Gasteiger partial charge is 0.292 e. The lowest BCUT2D eigenvalue weighted by atomic mass is 9.83. The van der Waals surface area contributed by atoms with Crippen LogP contribution in [-0.2, 0) is 5.41 Å². The second-order valence-corrected chi connectivity index (χ2v) is 5.81. The van der Waals surface area contributed by atoms with E-state index in [1.807, 2.05) is 0 Å². The summed E-state index contributed by atoms with van der Waals surface area (Å²) in [6, 6.07) is 4.64. The molecule has 0 bridgehead atoms. The van der Waals surface area contributed by atoms with Crippen molar-refractivity contribution in [3.63, 3.8) is 0 Å². The second kappa shape index (κ2) is 4.16. The van der Waals surface area contributed by atoms with Crippen molar-refractivity contribution < 1.29 is 4.42 Å². The number of aryl methyl sites for hydroxylation is 2. The third kappa shape index (κ3) is 2.26. The lowest BCUT2D eigenvalue weighted by Crippen LogP contribution is -2.12. The van der Waals surface area contributed by atoms with Crippen molar-refractivity contribution in [1.82, 2.24) is 4.98 Å². The summed E-state index contributed by atoms with van der Waals surface area (Å²) < 4.78 is 5.09. The average Bonchev–Trinajstić information content (AvgIpc) is 2.62. The molecule has 2 aromatic rings. The first-order valence-corrected chi connectivity index (χ1v) is 6.12. The van der Waals surface area contributed by atoms with E-state index in [4.69, 9.17) is 10.2 Å². The van der Waals surface area contributed by atoms with E-state index in [1.165, 1.54) is 16.7 Å². The van der Waals surface area contributed by atoms with Gasteiger partial charge in [0.1, 0.15) is 12.0 Å². The predicted octanol–water partition coefficient (Wildman–Crippen LogP) is 3.84. The van der Waals surface area contributed by atoms with Gasteiger partial charge in [-0.25, -0.2) is 0 Å². The molecule has 1 aromatic heterocycles. The summed E-state index contributed by atoms with van der Waals surface area (Å²) in [5.41, 5.74) is 11.3. The standard InChI is InChI=1S/C15H20N2O/c1-9-6-11(15(3,4)5)7-10(2)13(9)12-8-18-14(16)17-12/h6-8H,1-5H3,(H2,16,17). The van der Waals surface area contributed by atoms with Crippen molar-refractivity contribution >= 4 is 6.01 Å². The molecule has 0 spiro atoms. The monoisotopic (exact) mass is 244 g/mol. The summed E-state index contributed by atoms with van der Waals surface area (Å²) in [7, 11) is 0. The number of nitrogens with zero attached hydrogens (tertiary/aromatic N) is 1. The van der Waals surface area contributed by atoms with E-state index in [1.54, 1.807) is 6.26 Å². The van der Waals surface area contributed by atoms with Gasteiger partial charge in [-0.2, -0.15) is 4.98 Å². The van der Waals surface area contributed by atoms with Gasteiger partial charge in [-0.05, 0) is 36.0 Å². The van der Waals surface area contributed by atoms with E-state index in [-0.39, 0.29) is 11.4 Å². The number of anilines is 1. The van der Waals surface area contributed by atoms with Gasteiger partial charge in [-0.1, -0.05) is 32.9 Å². The molecule has 0 unspecified atom stereocenters. The Labute approximate surface area is 108 Å². The quantitative estimate of drug-likeness (QED) is 0.829. The molecule has 0 atom stereocenters. The average molecular weight is 244 g/mol. The van der Waals surface area contributed by atoms with Crippen molar-refractivity contribution in [1.29, 1.82) is 0 Å². The van der Waals surface area contributed by atoms with Crippen LogP contribution in [-0.4, -0.2) is 4.98 Å². The molecule has 96 valence electrons. The molecule has 0 amide bonds. The molecule has 0 aliphatic carbocycles. The molecule has 3 nitrogen and oxygen atoms in total. The van der Waals surface area contributed by atoms with Crippen molar-refractivity contribution in [3.8, 4) is 11.3 Å². The SMILES string of the molecule is Cc1cc(C(C)(C)C)cc(C)c1-c1coc(N)n1. The third-order valence-corrected chi connectivity index (χ3v) is 3.18. The molecular formula is C15H20N2O. The van der Waals surface area contributed by atoms with Gasteiger partial charge in [0.05, 0.1) is 0 Å². The highest BCUT2D eigenvalue weighted by atomic mass is 16.4. The van der Waals surface area contributed by atoms with Gasteiger partial charge in [-0.15, -0.1) is 0 Å². The molecule has 1 aromatic carbocycles. The third-order valence-electron chi connectivity index (χ3n) is 3.18. The van der Waals surface area contributed by atoms with Crippen molar-refractivity contribution in [2.45, 2.75) is 40.0 Å². The van der Waals surface area contributed by atoms with E-state index in [9.17, 15) is 0 Å². The molecule has 0 saturated carbocycles. The Morgan fingerprint density at radius 1 is 1.11 bits per heavy atom. The molecule has 2 N–H and O–H groups in total. The number of oxazole rings is 1. The number of nitrogen functional groups attached to an aromatic ring is 1. The fourth-order valence-electron chi connectivity index (χ4n) is 2.20. The lowest BCUT2D eigenvalue weighted by Gasteiger charge is -2.21. The minimum Gasteiger partial charge on any atom is -0.432 e. The Balaban J connectivity index is 2.58. The van der Waals surface area contributed by atoms with Crippen LogP contribution in [0.25, 0.3) is 11.3 Å². The zero-order valence-electron chi connectivity index (χ0n) is 11.7. The summed E-state index contributed by atoms with van der Waals surface area (Å²) in [6.45, 7) is 10.9. The highest BCUT2D eigenvalue weighted by Crippen LogP contribution is 2.32. The molecule has 0 fully saturated rings. The van der Waals surface area contributed by atoms with E-state index in [0.29, 0.717) is 0 Å². The molecular weight excluding hydrogens is 224 g/mol. The first-order chi connectivity index (χ1) is 8.29. The molecule has 0 aliphatic heterocycles. The summed E-state index contributed by atoms with van der Waals surface area (Å²) >= 11 is 0. The molecule has 0 aliphatic rings. The molecule has 18 heavy (non-hydrogen) atoms. The first kappa shape index (κ1) is 12.7. The molecule has 3 heteroatoms. The van der Waals surface area contributed by atoms with E-state index < -0.39 is 0 Å². The normalized spacial score (nSPS) is 11.8. The fraction of sp³-hybridized carbons (Fsp3) is 0.400. The first-order valence-electron chi connectivity index (χ1n) is 6.12. The lowest BCUT2D eigenvalue weighted by molar-refractivity contribution is 0.581. The maximum absolute atomic E-state index is 5.54. The summed E-state index contributed by atoms with van der Waals surface area (Å²) in [6.07, 6.45) is 1.61. The fourth-order valence-corrected chi connectivity index (χ4v) is 2.20. The van der Waals surface area contributed by atoms with Gasteiger partial charge < -0.3 is 10.2 Å². The zero-order valence-corrected chi connectivity index (χ0v) is 11.7.